The summed E-state index contributed by atoms with van der Waals surface area (Å²) in [6, 6.07) is 14.5. The molecule has 2 aromatic rings. The average Bonchev–Trinajstić information content (AvgIpc) is 2.61. The number of anilines is 1. The molecule has 0 radical (unpaired) electrons. The van der Waals surface area contributed by atoms with E-state index in [1.54, 1.807) is 43.3 Å². The predicted octanol–water partition coefficient (Wildman–Crippen LogP) is 3.60. The lowest BCUT2D eigenvalue weighted by atomic mass is 10.1. The van der Waals surface area contributed by atoms with E-state index in [1.165, 1.54) is 0 Å². The fraction of sp³-hybridized carbons (Fsp3) is 0.333. The number of carbonyl (C=O) groups excluding carboxylic acids is 2. The molecule has 2 rings (SSSR count). The summed E-state index contributed by atoms with van der Waals surface area (Å²) in [6.07, 6.45) is 0.340. The molecule has 0 aliphatic heterocycles. The molecule has 0 bridgehead atoms. The lowest BCUT2D eigenvalue weighted by molar-refractivity contribution is -0.127. The van der Waals surface area contributed by atoms with Gasteiger partial charge in [-0.3, -0.25) is 9.59 Å². The van der Waals surface area contributed by atoms with Crippen LogP contribution in [0, 0.1) is 5.92 Å². The second-order valence-electron chi connectivity index (χ2n) is 6.82. The summed E-state index contributed by atoms with van der Waals surface area (Å²) >= 11 is 0. The van der Waals surface area contributed by atoms with Gasteiger partial charge in [-0.15, -0.1) is 0 Å². The van der Waals surface area contributed by atoms with E-state index in [9.17, 15) is 9.59 Å². The third-order valence-electron chi connectivity index (χ3n) is 3.77. The third-order valence-corrected chi connectivity index (χ3v) is 3.77. The van der Waals surface area contributed by atoms with Crippen molar-refractivity contribution < 1.29 is 14.3 Å². The van der Waals surface area contributed by atoms with Gasteiger partial charge in [0.15, 0.2) is 0 Å². The van der Waals surface area contributed by atoms with Crippen molar-refractivity contribution >= 4 is 17.5 Å². The van der Waals surface area contributed by atoms with E-state index in [0.717, 1.165) is 5.56 Å². The molecular formula is C21H26N2O3. The minimum absolute atomic E-state index is 0.0398. The summed E-state index contributed by atoms with van der Waals surface area (Å²) in [4.78, 5) is 25.9. The normalized spacial score (nSPS) is 10.5. The third kappa shape index (κ3) is 5.62. The predicted molar refractivity (Wildman–Crippen MR) is 104 cm³/mol. The highest BCUT2D eigenvalue weighted by Gasteiger charge is 2.13. The first-order chi connectivity index (χ1) is 12.4. The molecule has 0 aliphatic rings. The first-order valence-corrected chi connectivity index (χ1v) is 8.69. The molecule has 0 aromatic heterocycles. The van der Waals surface area contributed by atoms with Crippen molar-refractivity contribution in [1.82, 2.24) is 4.90 Å². The molecule has 5 heteroatoms. The summed E-state index contributed by atoms with van der Waals surface area (Å²) in [5.41, 5.74) is 2.08. The smallest absolute Gasteiger partial charge is 0.259 e. The quantitative estimate of drug-likeness (QED) is 0.826. The van der Waals surface area contributed by atoms with Gasteiger partial charge in [-0.1, -0.05) is 38.1 Å². The number of carbonyl (C=O) groups is 2. The molecule has 0 spiro atoms. The van der Waals surface area contributed by atoms with E-state index in [4.69, 9.17) is 4.74 Å². The van der Waals surface area contributed by atoms with Crippen LogP contribution in [0.2, 0.25) is 0 Å². The van der Waals surface area contributed by atoms with E-state index in [-0.39, 0.29) is 11.8 Å². The Labute approximate surface area is 155 Å². The zero-order chi connectivity index (χ0) is 19.1. The van der Waals surface area contributed by atoms with E-state index >= 15 is 0 Å². The van der Waals surface area contributed by atoms with Crippen LogP contribution in [0.1, 0.15) is 29.8 Å². The molecule has 2 amide bonds. The SMILES string of the molecule is CC(C)COc1ccccc1C(=O)Nc1ccc(CC(=O)N(C)C)cc1. The molecule has 0 saturated carbocycles. The van der Waals surface area contributed by atoms with Crippen molar-refractivity contribution in [2.24, 2.45) is 5.92 Å². The van der Waals surface area contributed by atoms with Crippen molar-refractivity contribution in [2.75, 3.05) is 26.0 Å². The standard InChI is InChI=1S/C21H26N2O3/c1-15(2)14-26-19-8-6-5-7-18(19)21(25)22-17-11-9-16(10-12-17)13-20(24)23(3)4/h5-12,15H,13-14H2,1-4H3,(H,22,25). The molecule has 0 atom stereocenters. The van der Waals surface area contributed by atoms with Gasteiger partial charge in [-0.25, -0.2) is 0 Å². The number of nitrogens with zero attached hydrogens (tertiary/aromatic N) is 1. The van der Waals surface area contributed by atoms with Crippen LogP contribution in [0.4, 0.5) is 5.69 Å². The molecule has 26 heavy (non-hydrogen) atoms. The Kier molecular flexibility index (Phi) is 6.78. The Morgan fingerprint density at radius 3 is 2.31 bits per heavy atom. The van der Waals surface area contributed by atoms with Crippen LogP contribution >= 0.6 is 0 Å². The molecule has 0 aliphatic carbocycles. The Morgan fingerprint density at radius 2 is 1.69 bits per heavy atom. The molecule has 0 saturated heterocycles. The highest BCUT2D eigenvalue weighted by Crippen LogP contribution is 2.21. The second-order valence-corrected chi connectivity index (χ2v) is 6.82. The van der Waals surface area contributed by atoms with Crippen molar-refractivity contribution in [3.05, 3.63) is 59.7 Å². The molecule has 5 nitrogen and oxygen atoms in total. The van der Waals surface area contributed by atoms with Gasteiger partial charge in [0.2, 0.25) is 5.91 Å². The Balaban J connectivity index is 2.05. The number of likely N-dealkylation sites (N-methyl/N-ethyl adjacent to an activating group) is 1. The highest BCUT2D eigenvalue weighted by molar-refractivity contribution is 6.06. The summed E-state index contributed by atoms with van der Waals surface area (Å²) < 4.78 is 5.74. The summed E-state index contributed by atoms with van der Waals surface area (Å²) in [5, 5.41) is 2.88. The molecule has 0 unspecified atom stereocenters. The van der Waals surface area contributed by atoms with Crippen LogP contribution < -0.4 is 10.1 Å². The van der Waals surface area contributed by atoms with Gasteiger partial charge < -0.3 is 15.0 Å². The summed E-state index contributed by atoms with van der Waals surface area (Å²) in [5.74, 6) is 0.773. The largest absolute Gasteiger partial charge is 0.492 e. The molecule has 2 aromatic carbocycles. The van der Waals surface area contributed by atoms with Crippen molar-refractivity contribution in [3.63, 3.8) is 0 Å². The van der Waals surface area contributed by atoms with Gasteiger partial charge in [0.05, 0.1) is 18.6 Å². The van der Waals surface area contributed by atoms with Crippen LogP contribution in [0.25, 0.3) is 0 Å². The van der Waals surface area contributed by atoms with Gasteiger partial charge in [0, 0.05) is 19.8 Å². The average molecular weight is 354 g/mol. The number of ether oxygens (including phenoxy) is 1. The van der Waals surface area contributed by atoms with Gasteiger partial charge in [0.1, 0.15) is 5.75 Å². The molecule has 0 heterocycles. The summed E-state index contributed by atoms with van der Waals surface area (Å²) in [6.45, 7) is 4.68. The van der Waals surface area contributed by atoms with Crippen molar-refractivity contribution in [2.45, 2.75) is 20.3 Å². The fourth-order valence-corrected chi connectivity index (χ4v) is 2.27. The zero-order valence-electron chi connectivity index (χ0n) is 15.8. The fourth-order valence-electron chi connectivity index (χ4n) is 2.27. The van der Waals surface area contributed by atoms with Gasteiger partial charge in [-0.2, -0.15) is 0 Å². The topological polar surface area (TPSA) is 58.6 Å². The van der Waals surface area contributed by atoms with Gasteiger partial charge in [0.25, 0.3) is 5.91 Å². The van der Waals surface area contributed by atoms with Crippen molar-refractivity contribution in [3.8, 4) is 5.75 Å². The Morgan fingerprint density at radius 1 is 1.04 bits per heavy atom. The maximum atomic E-state index is 12.6. The first kappa shape index (κ1) is 19.5. The van der Waals surface area contributed by atoms with Crippen LogP contribution in [0.3, 0.4) is 0 Å². The second kappa shape index (κ2) is 9.04. The van der Waals surface area contributed by atoms with E-state index in [0.29, 0.717) is 35.9 Å². The maximum Gasteiger partial charge on any atom is 0.259 e. The van der Waals surface area contributed by atoms with Gasteiger partial charge in [-0.05, 0) is 35.7 Å². The number of hydrogen-bond acceptors (Lipinski definition) is 3. The minimum atomic E-state index is -0.221. The van der Waals surface area contributed by atoms with E-state index in [1.807, 2.05) is 24.3 Å². The summed E-state index contributed by atoms with van der Waals surface area (Å²) in [7, 11) is 3.46. The number of amides is 2. The Hall–Kier alpha value is -2.82. The zero-order valence-corrected chi connectivity index (χ0v) is 15.8. The van der Waals surface area contributed by atoms with Crippen LogP contribution in [-0.2, 0) is 11.2 Å². The van der Waals surface area contributed by atoms with Crippen LogP contribution in [-0.4, -0.2) is 37.4 Å². The van der Waals surface area contributed by atoms with Crippen LogP contribution in [0.15, 0.2) is 48.5 Å². The van der Waals surface area contributed by atoms with Gasteiger partial charge >= 0.3 is 0 Å². The lowest BCUT2D eigenvalue weighted by Gasteiger charge is -2.13. The minimum Gasteiger partial charge on any atom is -0.492 e. The maximum absolute atomic E-state index is 12.6. The molecule has 0 fully saturated rings. The van der Waals surface area contributed by atoms with E-state index in [2.05, 4.69) is 19.2 Å². The number of para-hydroxylation sites is 1. The number of hydrogen-bond donors (Lipinski definition) is 1. The van der Waals surface area contributed by atoms with E-state index < -0.39 is 0 Å². The monoisotopic (exact) mass is 354 g/mol. The molecule has 138 valence electrons. The molecular weight excluding hydrogens is 328 g/mol. The van der Waals surface area contributed by atoms with Crippen molar-refractivity contribution in [1.29, 1.82) is 0 Å². The lowest BCUT2D eigenvalue weighted by Crippen LogP contribution is -2.23. The molecule has 1 N–H and O–H groups in total. The number of benzene rings is 2. The van der Waals surface area contributed by atoms with Crippen LogP contribution in [0.5, 0.6) is 5.75 Å². The highest BCUT2D eigenvalue weighted by atomic mass is 16.5. The Bertz CT molecular complexity index is 752. The first-order valence-electron chi connectivity index (χ1n) is 8.69. The number of nitrogens with one attached hydrogen (secondary N) is 1. The number of rotatable bonds is 7.